The van der Waals surface area contributed by atoms with Crippen LogP contribution in [0.3, 0.4) is 0 Å². The molecule has 1 amide bonds. The van der Waals surface area contributed by atoms with Crippen LogP contribution in [0.25, 0.3) is 16.6 Å². The van der Waals surface area contributed by atoms with Gasteiger partial charge in [-0.1, -0.05) is 48.0 Å². The zero-order chi connectivity index (χ0) is 20.2. The Hall–Kier alpha value is -1.76. The van der Waals surface area contributed by atoms with Gasteiger partial charge in [-0.3, -0.25) is 9.36 Å². The highest BCUT2D eigenvalue weighted by Crippen LogP contribution is 2.32. The first-order valence-corrected chi connectivity index (χ1v) is 10.6. The molecule has 0 atom stereocenters. The lowest BCUT2D eigenvalue weighted by molar-refractivity contribution is 0.0951. The molecule has 1 aliphatic heterocycles. The minimum Gasteiger partial charge on any atom is -0.352 e. The molecule has 1 aromatic heterocycles. The molecule has 0 radical (unpaired) electrons. The second-order valence-electron chi connectivity index (χ2n) is 7.61. The first-order valence-electron chi connectivity index (χ1n) is 10.2. The summed E-state index contributed by atoms with van der Waals surface area (Å²) in [7, 11) is 2.16. The number of carbonyl (C=O) groups is 1. The summed E-state index contributed by atoms with van der Waals surface area (Å²) in [5, 5.41) is 4.40. The van der Waals surface area contributed by atoms with E-state index in [1.807, 2.05) is 59.2 Å². The normalized spacial score (nSPS) is 14.6. The van der Waals surface area contributed by atoms with Crippen molar-refractivity contribution < 1.29 is 4.79 Å². The van der Waals surface area contributed by atoms with Gasteiger partial charge in [0.15, 0.2) is 0 Å². The molecule has 1 saturated heterocycles. The first-order chi connectivity index (χ1) is 14.1. The third-order valence-electron chi connectivity index (χ3n) is 5.59. The maximum atomic E-state index is 13.0. The molecule has 8 heteroatoms. The molecule has 0 spiro atoms. The van der Waals surface area contributed by atoms with Gasteiger partial charge in [0.2, 0.25) is 0 Å². The van der Waals surface area contributed by atoms with Crippen molar-refractivity contribution in [3.05, 3.63) is 65.3 Å². The molecule has 0 aliphatic carbocycles. The topological polar surface area (TPSA) is 40.5 Å². The number of rotatable bonds is 6. The summed E-state index contributed by atoms with van der Waals surface area (Å²) in [4.78, 5) is 17.8. The van der Waals surface area contributed by atoms with Crippen LogP contribution in [0.5, 0.6) is 0 Å². The Morgan fingerprint density at radius 3 is 2.32 bits per heavy atom. The van der Waals surface area contributed by atoms with Gasteiger partial charge < -0.3 is 15.1 Å². The molecular formula is C23H29Cl3N4O. The van der Waals surface area contributed by atoms with Crippen molar-refractivity contribution in [2.75, 3.05) is 46.3 Å². The highest BCUT2D eigenvalue weighted by Gasteiger charge is 2.22. The molecule has 0 unspecified atom stereocenters. The summed E-state index contributed by atoms with van der Waals surface area (Å²) in [5.41, 5.74) is 2.43. The monoisotopic (exact) mass is 482 g/mol. The first kappa shape index (κ1) is 25.5. The van der Waals surface area contributed by atoms with E-state index in [4.69, 9.17) is 11.6 Å². The van der Waals surface area contributed by atoms with Crippen molar-refractivity contribution in [2.45, 2.75) is 6.42 Å². The number of hydrogen-bond donors (Lipinski definition) is 1. The number of likely N-dealkylation sites (N-methyl/N-ethyl adjacent to an activating group) is 1. The Labute approximate surface area is 201 Å². The Kier molecular flexibility index (Phi) is 9.66. The zero-order valence-electron chi connectivity index (χ0n) is 17.6. The number of para-hydroxylation sites is 2. The summed E-state index contributed by atoms with van der Waals surface area (Å²) in [6.07, 6.45) is 0.935. The number of fused-ring (bicyclic) bond motifs is 1. The number of benzene rings is 2. The number of nitrogens with zero attached hydrogens (tertiary/aromatic N) is 3. The number of nitrogens with one attached hydrogen (secondary N) is 1. The van der Waals surface area contributed by atoms with Gasteiger partial charge in [0.25, 0.3) is 5.91 Å². The fourth-order valence-electron chi connectivity index (χ4n) is 3.92. The average molecular weight is 484 g/mol. The predicted molar refractivity (Wildman–Crippen MR) is 134 cm³/mol. The van der Waals surface area contributed by atoms with E-state index < -0.39 is 0 Å². The third kappa shape index (κ3) is 5.73. The molecule has 0 saturated carbocycles. The summed E-state index contributed by atoms with van der Waals surface area (Å²) >= 11 is 6.72. The second-order valence-corrected chi connectivity index (χ2v) is 7.97. The molecule has 1 fully saturated rings. The van der Waals surface area contributed by atoms with Gasteiger partial charge >= 0.3 is 0 Å². The summed E-state index contributed by atoms with van der Waals surface area (Å²) in [6.45, 7) is 6.07. The van der Waals surface area contributed by atoms with Crippen molar-refractivity contribution in [1.82, 2.24) is 19.7 Å². The van der Waals surface area contributed by atoms with E-state index in [2.05, 4.69) is 22.2 Å². The van der Waals surface area contributed by atoms with E-state index in [0.29, 0.717) is 17.3 Å². The van der Waals surface area contributed by atoms with Gasteiger partial charge in [0.1, 0.15) is 5.15 Å². The Bertz CT molecular complexity index is 985. The summed E-state index contributed by atoms with van der Waals surface area (Å²) in [5.74, 6) is -0.112. The number of amides is 1. The lowest BCUT2D eigenvalue weighted by Crippen LogP contribution is -2.45. The molecular weight excluding hydrogens is 455 g/mol. The van der Waals surface area contributed by atoms with Crippen LogP contribution in [-0.2, 0) is 0 Å². The van der Waals surface area contributed by atoms with Crippen LogP contribution in [0.15, 0.2) is 54.6 Å². The van der Waals surface area contributed by atoms with Gasteiger partial charge in [-0.2, -0.15) is 0 Å². The molecule has 31 heavy (non-hydrogen) atoms. The fourth-order valence-corrected chi connectivity index (χ4v) is 4.29. The second kappa shape index (κ2) is 11.7. The van der Waals surface area contributed by atoms with Crippen LogP contribution in [0.2, 0.25) is 5.15 Å². The number of piperazine rings is 1. The van der Waals surface area contributed by atoms with Crippen LogP contribution in [-0.4, -0.2) is 66.6 Å². The van der Waals surface area contributed by atoms with Crippen LogP contribution < -0.4 is 5.32 Å². The molecule has 168 valence electrons. The van der Waals surface area contributed by atoms with Crippen molar-refractivity contribution in [3.63, 3.8) is 0 Å². The van der Waals surface area contributed by atoms with Gasteiger partial charge in [-0.25, -0.2) is 0 Å². The number of carbonyl (C=O) groups excluding carboxylic acids is 1. The van der Waals surface area contributed by atoms with E-state index in [1.54, 1.807) is 0 Å². The van der Waals surface area contributed by atoms with Crippen molar-refractivity contribution in [1.29, 1.82) is 0 Å². The lowest BCUT2D eigenvalue weighted by Gasteiger charge is -2.32. The molecule has 3 aromatic rings. The van der Waals surface area contributed by atoms with Crippen LogP contribution in [0.4, 0.5) is 0 Å². The summed E-state index contributed by atoms with van der Waals surface area (Å²) < 4.78 is 1.94. The van der Waals surface area contributed by atoms with E-state index in [0.717, 1.165) is 55.7 Å². The highest BCUT2D eigenvalue weighted by molar-refractivity contribution is 6.36. The number of hydrogen-bond acceptors (Lipinski definition) is 3. The van der Waals surface area contributed by atoms with Crippen molar-refractivity contribution >= 4 is 53.2 Å². The van der Waals surface area contributed by atoms with Gasteiger partial charge in [-0.15, -0.1) is 24.8 Å². The fraction of sp³-hybridized carbons (Fsp3) is 0.348. The Morgan fingerprint density at radius 2 is 1.61 bits per heavy atom. The minimum atomic E-state index is -0.112. The van der Waals surface area contributed by atoms with Crippen LogP contribution >= 0.6 is 36.4 Å². The lowest BCUT2D eigenvalue weighted by atomic mass is 10.1. The number of aromatic nitrogens is 1. The van der Waals surface area contributed by atoms with E-state index in [-0.39, 0.29) is 30.7 Å². The largest absolute Gasteiger partial charge is 0.352 e. The molecule has 2 aromatic carbocycles. The maximum absolute atomic E-state index is 13.0. The Balaban J connectivity index is 0.00000171. The standard InChI is InChI=1S/C23H27ClN4O.2ClH/c1-26-14-16-27(17-15-26)13-7-12-25-23(29)21-19-10-5-6-11-20(19)28(22(21)24)18-8-3-2-4-9-18;;/h2-6,8-11H,7,12-17H2,1H3,(H,25,29);2*1H. The SMILES string of the molecule is CN1CCN(CCCNC(=O)c2c(Cl)n(-c3ccccc3)c3ccccc23)CC1.Cl.Cl. The molecule has 1 N–H and O–H groups in total. The maximum Gasteiger partial charge on any atom is 0.255 e. The quantitative estimate of drug-likeness (QED) is 0.525. The Morgan fingerprint density at radius 1 is 0.968 bits per heavy atom. The summed E-state index contributed by atoms with van der Waals surface area (Å²) in [6, 6.07) is 17.8. The molecule has 4 rings (SSSR count). The van der Waals surface area contributed by atoms with E-state index >= 15 is 0 Å². The van der Waals surface area contributed by atoms with Crippen LogP contribution in [0, 0.1) is 0 Å². The van der Waals surface area contributed by atoms with E-state index in [1.165, 1.54) is 0 Å². The van der Waals surface area contributed by atoms with Gasteiger partial charge in [0.05, 0.1) is 11.1 Å². The molecule has 2 heterocycles. The van der Waals surface area contributed by atoms with E-state index in [9.17, 15) is 4.79 Å². The third-order valence-corrected chi connectivity index (χ3v) is 5.95. The number of halogens is 3. The predicted octanol–water partition coefficient (Wildman–Crippen LogP) is 4.49. The highest BCUT2D eigenvalue weighted by atomic mass is 35.5. The van der Waals surface area contributed by atoms with Crippen molar-refractivity contribution in [3.8, 4) is 5.69 Å². The molecule has 1 aliphatic rings. The van der Waals surface area contributed by atoms with Gasteiger partial charge in [-0.05, 0) is 38.2 Å². The minimum absolute atomic E-state index is 0. The molecule has 0 bridgehead atoms. The van der Waals surface area contributed by atoms with Crippen molar-refractivity contribution in [2.24, 2.45) is 0 Å². The zero-order valence-corrected chi connectivity index (χ0v) is 20.0. The average Bonchev–Trinajstić information content (AvgIpc) is 3.05. The van der Waals surface area contributed by atoms with Crippen LogP contribution in [0.1, 0.15) is 16.8 Å². The molecule has 5 nitrogen and oxygen atoms in total. The smallest absolute Gasteiger partial charge is 0.255 e. The van der Waals surface area contributed by atoms with Gasteiger partial charge in [0, 0.05) is 43.8 Å².